The third-order valence-electron chi connectivity index (χ3n) is 2.67. The maximum atomic E-state index is 12.0. The summed E-state index contributed by atoms with van der Waals surface area (Å²) in [5.41, 5.74) is 1.02. The highest BCUT2D eigenvalue weighted by molar-refractivity contribution is 6.04. The van der Waals surface area contributed by atoms with Gasteiger partial charge in [-0.25, -0.2) is 5.10 Å². The van der Waals surface area contributed by atoms with Crippen molar-refractivity contribution in [2.45, 2.75) is 12.8 Å². The maximum absolute atomic E-state index is 12.0. The van der Waals surface area contributed by atoms with Gasteiger partial charge in [-0.1, -0.05) is 6.08 Å². The van der Waals surface area contributed by atoms with Crippen molar-refractivity contribution in [2.75, 3.05) is 5.01 Å². The molecule has 1 aromatic heterocycles. The molecule has 1 N–H and O–H groups in total. The summed E-state index contributed by atoms with van der Waals surface area (Å²) < 4.78 is 0. The normalized spacial score (nSPS) is 24.3. The van der Waals surface area contributed by atoms with Gasteiger partial charge in [0.15, 0.2) is 0 Å². The molecule has 6 heteroatoms. The summed E-state index contributed by atoms with van der Waals surface area (Å²) in [7, 11) is 0. The number of hydrazone groups is 1. The zero-order valence-corrected chi connectivity index (χ0v) is 7.92. The molecule has 1 amide bonds. The van der Waals surface area contributed by atoms with Crippen LogP contribution in [0.3, 0.4) is 0 Å². The van der Waals surface area contributed by atoms with Crippen LogP contribution in [0.5, 0.6) is 0 Å². The Morgan fingerprint density at radius 1 is 1.53 bits per heavy atom. The molecule has 2 heterocycles. The van der Waals surface area contributed by atoms with Crippen LogP contribution >= 0.6 is 0 Å². The van der Waals surface area contributed by atoms with Gasteiger partial charge >= 0.3 is 0 Å². The number of H-pyrrole nitrogens is 1. The molecule has 15 heavy (non-hydrogen) atoms. The van der Waals surface area contributed by atoms with Gasteiger partial charge in [0.2, 0.25) is 5.95 Å². The van der Waals surface area contributed by atoms with Crippen molar-refractivity contribution in [2.24, 2.45) is 11.0 Å². The minimum atomic E-state index is -0.0485. The second kappa shape index (κ2) is 3.01. The Bertz CT molecular complexity index is 447. The lowest BCUT2D eigenvalue weighted by molar-refractivity contribution is -0.121. The molecular weight excluding hydrogens is 194 g/mol. The SMILES string of the molecule is O=C1C2CCC=C2C=NN1c1ncn[nH]1. The highest BCUT2D eigenvalue weighted by atomic mass is 16.2. The first-order valence-corrected chi connectivity index (χ1v) is 4.79. The fraction of sp³-hybridized carbons (Fsp3) is 0.333. The number of aromatic nitrogens is 3. The topological polar surface area (TPSA) is 74.2 Å². The number of amides is 1. The molecule has 1 aromatic rings. The Balaban J connectivity index is 1.98. The van der Waals surface area contributed by atoms with Crippen LogP contribution in [0.15, 0.2) is 23.1 Å². The van der Waals surface area contributed by atoms with Crippen LogP contribution in [-0.2, 0) is 4.79 Å². The smallest absolute Gasteiger partial charge is 0.257 e. The van der Waals surface area contributed by atoms with E-state index in [0.29, 0.717) is 5.95 Å². The summed E-state index contributed by atoms with van der Waals surface area (Å²) in [5, 5.41) is 11.7. The molecule has 0 fully saturated rings. The zero-order chi connectivity index (χ0) is 10.3. The lowest BCUT2D eigenvalue weighted by Crippen LogP contribution is -2.36. The largest absolute Gasteiger partial charge is 0.272 e. The first-order valence-electron chi connectivity index (χ1n) is 4.79. The van der Waals surface area contributed by atoms with E-state index in [1.165, 1.54) is 11.3 Å². The summed E-state index contributed by atoms with van der Waals surface area (Å²) in [4.78, 5) is 15.9. The molecule has 1 aliphatic carbocycles. The monoisotopic (exact) mass is 203 g/mol. The number of anilines is 1. The van der Waals surface area contributed by atoms with Gasteiger partial charge in [-0.2, -0.15) is 20.2 Å². The Morgan fingerprint density at radius 3 is 3.27 bits per heavy atom. The van der Waals surface area contributed by atoms with Gasteiger partial charge in [0, 0.05) is 0 Å². The fourth-order valence-electron chi connectivity index (χ4n) is 1.92. The van der Waals surface area contributed by atoms with Crippen molar-refractivity contribution < 1.29 is 4.79 Å². The van der Waals surface area contributed by atoms with Gasteiger partial charge in [-0.05, 0) is 18.4 Å². The number of aromatic amines is 1. The number of hydrogen-bond donors (Lipinski definition) is 1. The van der Waals surface area contributed by atoms with Crippen LogP contribution in [0.1, 0.15) is 12.8 Å². The van der Waals surface area contributed by atoms with Crippen molar-refractivity contribution in [1.82, 2.24) is 15.2 Å². The van der Waals surface area contributed by atoms with E-state index in [0.717, 1.165) is 18.4 Å². The molecule has 0 aromatic carbocycles. The summed E-state index contributed by atoms with van der Waals surface area (Å²) >= 11 is 0. The molecule has 0 radical (unpaired) electrons. The van der Waals surface area contributed by atoms with Crippen LogP contribution in [0.25, 0.3) is 0 Å². The van der Waals surface area contributed by atoms with Gasteiger partial charge < -0.3 is 0 Å². The standard InChI is InChI=1S/C9H9N5O/c15-8-7-3-1-2-6(7)4-12-14(8)9-10-5-11-13-9/h2,4-5,7H,1,3H2,(H,10,11,13). The second-order valence-corrected chi connectivity index (χ2v) is 3.54. The van der Waals surface area contributed by atoms with Gasteiger partial charge in [-0.3, -0.25) is 4.79 Å². The van der Waals surface area contributed by atoms with Crippen molar-refractivity contribution in [1.29, 1.82) is 0 Å². The molecule has 1 aliphatic heterocycles. The zero-order valence-electron chi connectivity index (χ0n) is 7.92. The number of allylic oxidation sites excluding steroid dienone is 1. The molecule has 6 nitrogen and oxygen atoms in total. The average Bonchev–Trinajstić information content (AvgIpc) is 2.87. The molecule has 1 atom stereocenters. The summed E-state index contributed by atoms with van der Waals surface area (Å²) in [6, 6.07) is 0. The molecule has 0 spiro atoms. The van der Waals surface area contributed by atoms with Gasteiger partial charge in [0.1, 0.15) is 6.33 Å². The Morgan fingerprint density at radius 2 is 2.47 bits per heavy atom. The predicted octanol–water partition coefficient (Wildman–Crippen LogP) is 0.473. The van der Waals surface area contributed by atoms with E-state index in [4.69, 9.17) is 0 Å². The Kier molecular flexibility index (Phi) is 1.67. The van der Waals surface area contributed by atoms with Crippen LogP contribution in [0.4, 0.5) is 5.95 Å². The lowest BCUT2D eigenvalue weighted by atomic mass is 10.0. The van der Waals surface area contributed by atoms with Crippen molar-refractivity contribution in [3.8, 4) is 0 Å². The van der Waals surface area contributed by atoms with E-state index in [1.54, 1.807) is 6.21 Å². The molecular formula is C9H9N5O. The number of nitrogens with zero attached hydrogens (tertiary/aromatic N) is 4. The van der Waals surface area contributed by atoms with Crippen molar-refractivity contribution in [3.05, 3.63) is 18.0 Å². The third-order valence-corrected chi connectivity index (χ3v) is 2.67. The number of fused-ring (bicyclic) bond motifs is 1. The minimum absolute atomic E-state index is 0.0296. The van der Waals surface area contributed by atoms with Crippen LogP contribution in [-0.4, -0.2) is 27.3 Å². The molecule has 76 valence electrons. The number of rotatable bonds is 1. The summed E-state index contributed by atoms with van der Waals surface area (Å²) in [6.45, 7) is 0. The van der Waals surface area contributed by atoms with E-state index in [-0.39, 0.29) is 11.8 Å². The lowest BCUT2D eigenvalue weighted by Gasteiger charge is -2.22. The molecule has 0 saturated carbocycles. The molecule has 3 rings (SSSR count). The van der Waals surface area contributed by atoms with Gasteiger partial charge in [-0.15, -0.1) is 0 Å². The van der Waals surface area contributed by atoms with Crippen molar-refractivity contribution >= 4 is 18.1 Å². The second-order valence-electron chi connectivity index (χ2n) is 3.54. The van der Waals surface area contributed by atoms with E-state index >= 15 is 0 Å². The Labute approximate surface area is 85.7 Å². The van der Waals surface area contributed by atoms with Crippen LogP contribution in [0.2, 0.25) is 0 Å². The summed E-state index contributed by atoms with van der Waals surface area (Å²) in [6.07, 6.45) is 6.95. The van der Waals surface area contributed by atoms with Gasteiger partial charge in [0.25, 0.3) is 5.91 Å². The minimum Gasteiger partial charge on any atom is -0.272 e. The molecule has 2 aliphatic rings. The van der Waals surface area contributed by atoms with E-state index in [9.17, 15) is 4.79 Å². The summed E-state index contributed by atoms with van der Waals surface area (Å²) in [5.74, 6) is 0.299. The predicted molar refractivity (Wildman–Crippen MR) is 53.2 cm³/mol. The Hall–Kier alpha value is -1.98. The molecule has 1 unspecified atom stereocenters. The third kappa shape index (κ3) is 1.18. The van der Waals surface area contributed by atoms with E-state index in [1.807, 2.05) is 0 Å². The number of nitrogens with one attached hydrogen (secondary N) is 1. The highest BCUT2D eigenvalue weighted by Gasteiger charge is 2.34. The first-order chi connectivity index (χ1) is 7.36. The average molecular weight is 203 g/mol. The highest BCUT2D eigenvalue weighted by Crippen LogP contribution is 2.30. The molecule has 0 bridgehead atoms. The fourth-order valence-corrected chi connectivity index (χ4v) is 1.92. The number of hydrogen-bond acceptors (Lipinski definition) is 4. The maximum Gasteiger partial charge on any atom is 0.257 e. The quantitative estimate of drug-likeness (QED) is 0.721. The molecule has 0 saturated heterocycles. The first kappa shape index (κ1) is 8.34. The van der Waals surface area contributed by atoms with Crippen molar-refractivity contribution in [3.63, 3.8) is 0 Å². The number of carbonyl (C=O) groups excluding carboxylic acids is 1. The van der Waals surface area contributed by atoms with Gasteiger partial charge in [0.05, 0.1) is 12.1 Å². The van der Waals surface area contributed by atoms with Crippen LogP contribution in [0, 0.1) is 5.92 Å². The van der Waals surface area contributed by atoms with Crippen LogP contribution < -0.4 is 5.01 Å². The number of carbonyl (C=O) groups is 1. The van der Waals surface area contributed by atoms with E-state index < -0.39 is 0 Å². The van der Waals surface area contributed by atoms with E-state index in [2.05, 4.69) is 26.4 Å².